The van der Waals surface area contributed by atoms with Crippen LogP contribution in [-0.4, -0.2) is 12.1 Å². The minimum absolute atomic E-state index is 0.409. The number of aryl methyl sites for hydroxylation is 1. The Balaban J connectivity index is 2.02. The molecule has 0 aromatic heterocycles. The maximum atomic E-state index is 6.28. The summed E-state index contributed by atoms with van der Waals surface area (Å²) in [4.78, 5) is 0. The molecule has 0 bridgehead atoms. The molecule has 0 atom stereocenters. The third kappa shape index (κ3) is 4.52. The SMILES string of the molecule is Cc1ccc(OC2CCC(C)CC2)c(CNC(C)C)c1. The predicted molar refractivity (Wildman–Crippen MR) is 85.2 cm³/mol. The van der Waals surface area contributed by atoms with Crippen molar-refractivity contribution >= 4 is 0 Å². The molecule has 1 saturated carbocycles. The van der Waals surface area contributed by atoms with Gasteiger partial charge in [-0.3, -0.25) is 0 Å². The molecule has 1 fully saturated rings. The maximum absolute atomic E-state index is 6.28. The molecule has 2 heteroatoms. The highest BCUT2D eigenvalue weighted by Crippen LogP contribution is 2.29. The van der Waals surface area contributed by atoms with Crippen LogP contribution in [-0.2, 0) is 6.54 Å². The fourth-order valence-electron chi connectivity index (χ4n) is 2.80. The van der Waals surface area contributed by atoms with E-state index in [0.29, 0.717) is 12.1 Å². The Hall–Kier alpha value is -1.02. The number of rotatable bonds is 5. The summed E-state index contributed by atoms with van der Waals surface area (Å²) in [5, 5.41) is 3.49. The fraction of sp³-hybridized carbons (Fsp3) is 0.667. The number of hydrogen-bond donors (Lipinski definition) is 1. The third-order valence-electron chi connectivity index (χ3n) is 4.17. The van der Waals surface area contributed by atoms with Crippen LogP contribution in [0.25, 0.3) is 0 Å². The van der Waals surface area contributed by atoms with Gasteiger partial charge in [-0.2, -0.15) is 0 Å². The van der Waals surface area contributed by atoms with Crippen molar-refractivity contribution < 1.29 is 4.74 Å². The van der Waals surface area contributed by atoms with Gasteiger partial charge in [0.05, 0.1) is 6.10 Å². The highest BCUT2D eigenvalue weighted by atomic mass is 16.5. The molecular formula is C18H29NO. The van der Waals surface area contributed by atoms with Crippen LogP contribution in [0, 0.1) is 12.8 Å². The first-order valence-electron chi connectivity index (χ1n) is 8.04. The zero-order valence-electron chi connectivity index (χ0n) is 13.4. The van der Waals surface area contributed by atoms with E-state index < -0.39 is 0 Å². The van der Waals surface area contributed by atoms with Crippen molar-refractivity contribution in [2.45, 2.75) is 72.1 Å². The molecule has 2 rings (SSSR count). The molecular weight excluding hydrogens is 246 g/mol. The summed E-state index contributed by atoms with van der Waals surface area (Å²) >= 11 is 0. The first kappa shape index (κ1) is 15.4. The van der Waals surface area contributed by atoms with E-state index >= 15 is 0 Å². The molecule has 0 unspecified atom stereocenters. The highest BCUT2D eigenvalue weighted by Gasteiger charge is 2.20. The van der Waals surface area contributed by atoms with E-state index in [9.17, 15) is 0 Å². The monoisotopic (exact) mass is 275 g/mol. The van der Waals surface area contributed by atoms with Crippen molar-refractivity contribution in [1.82, 2.24) is 5.32 Å². The van der Waals surface area contributed by atoms with Crippen LogP contribution in [0.2, 0.25) is 0 Å². The van der Waals surface area contributed by atoms with Crippen LogP contribution in [0.5, 0.6) is 5.75 Å². The molecule has 112 valence electrons. The molecule has 2 nitrogen and oxygen atoms in total. The normalized spacial score (nSPS) is 23.1. The molecule has 20 heavy (non-hydrogen) atoms. The molecule has 1 aromatic carbocycles. The van der Waals surface area contributed by atoms with Gasteiger partial charge in [0.25, 0.3) is 0 Å². The Bertz CT molecular complexity index is 419. The summed E-state index contributed by atoms with van der Waals surface area (Å²) in [5.74, 6) is 1.94. The molecule has 1 aromatic rings. The minimum atomic E-state index is 0.409. The van der Waals surface area contributed by atoms with Crippen molar-refractivity contribution in [1.29, 1.82) is 0 Å². The largest absolute Gasteiger partial charge is 0.490 e. The molecule has 0 heterocycles. The number of benzene rings is 1. The van der Waals surface area contributed by atoms with Crippen molar-refractivity contribution in [2.75, 3.05) is 0 Å². The summed E-state index contributed by atoms with van der Waals surface area (Å²) in [6.07, 6.45) is 5.41. The van der Waals surface area contributed by atoms with Crippen molar-refractivity contribution in [3.63, 3.8) is 0 Å². The van der Waals surface area contributed by atoms with Gasteiger partial charge in [0.15, 0.2) is 0 Å². The first-order chi connectivity index (χ1) is 9.54. The standard InChI is InChI=1S/C18H29NO/c1-13(2)19-12-16-11-15(4)7-10-18(16)20-17-8-5-14(3)6-9-17/h7,10-11,13-14,17,19H,5-6,8-9,12H2,1-4H3. The van der Waals surface area contributed by atoms with Gasteiger partial charge in [-0.15, -0.1) is 0 Å². The lowest BCUT2D eigenvalue weighted by atomic mass is 9.89. The number of hydrogen-bond acceptors (Lipinski definition) is 2. The lowest BCUT2D eigenvalue weighted by Crippen LogP contribution is -2.25. The minimum Gasteiger partial charge on any atom is -0.490 e. The van der Waals surface area contributed by atoms with Gasteiger partial charge < -0.3 is 10.1 Å². The van der Waals surface area contributed by atoms with E-state index in [1.165, 1.54) is 36.8 Å². The van der Waals surface area contributed by atoms with Gasteiger partial charge in [0.1, 0.15) is 5.75 Å². The van der Waals surface area contributed by atoms with Gasteiger partial charge >= 0.3 is 0 Å². The maximum Gasteiger partial charge on any atom is 0.124 e. The van der Waals surface area contributed by atoms with Crippen LogP contribution < -0.4 is 10.1 Å². The molecule has 0 spiro atoms. The summed E-state index contributed by atoms with van der Waals surface area (Å²) in [5.41, 5.74) is 2.59. The van der Waals surface area contributed by atoms with Crippen molar-refractivity contribution in [3.05, 3.63) is 29.3 Å². The molecule has 1 aliphatic rings. The molecule has 1 N–H and O–H groups in total. The zero-order chi connectivity index (χ0) is 14.5. The van der Waals surface area contributed by atoms with Crippen LogP contribution in [0.3, 0.4) is 0 Å². The summed E-state index contributed by atoms with van der Waals surface area (Å²) in [6, 6.07) is 7.04. The molecule has 0 radical (unpaired) electrons. The molecule has 0 aliphatic heterocycles. The first-order valence-corrected chi connectivity index (χ1v) is 8.04. The second kappa shape index (κ2) is 7.12. The lowest BCUT2D eigenvalue weighted by molar-refractivity contribution is 0.134. The zero-order valence-corrected chi connectivity index (χ0v) is 13.4. The Morgan fingerprint density at radius 2 is 1.90 bits per heavy atom. The van der Waals surface area contributed by atoms with Gasteiger partial charge in [-0.05, 0) is 44.6 Å². The smallest absolute Gasteiger partial charge is 0.124 e. The topological polar surface area (TPSA) is 21.3 Å². The average Bonchev–Trinajstić information content (AvgIpc) is 2.41. The van der Waals surface area contributed by atoms with Gasteiger partial charge in [0.2, 0.25) is 0 Å². The van der Waals surface area contributed by atoms with E-state index in [2.05, 4.69) is 51.2 Å². The number of ether oxygens (including phenoxy) is 1. The second-order valence-electron chi connectivity index (χ2n) is 6.65. The van der Waals surface area contributed by atoms with Crippen molar-refractivity contribution in [3.8, 4) is 5.75 Å². The quantitative estimate of drug-likeness (QED) is 0.857. The molecule has 1 aliphatic carbocycles. The lowest BCUT2D eigenvalue weighted by Gasteiger charge is -2.28. The van der Waals surface area contributed by atoms with Crippen LogP contribution in [0.15, 0.2) is 18.2 Å². The van der Waals surface area contributed by atoms with Gasteiger partial charge in [-0.25, -0.2) is 0 Å². The van der Waals surface area contributed by atoms with E-state index in [1.54, 1.807) is 0 Å². The van der Waals surface area contributed by atoms with Gasteiger partial charge in [-0.1, -0.05) is 38.5 Å². The summed E-state index contributed by atoms with van der Waals surface area (Å²) in [7, 11) is 0. The Labute approximate surface area is 123 Å². The average molecular weight is 275 g/mol. The van der Waals surface area contributed by atoms with Crippen molar-refractivity contribution in [2.24, 2.45) is 5.92 Å². The van der Waals surface area contributed by atoms with Crippen LogP contribution in [0.4, 0.5) is 0 Å². The summed E-state index contributed by atoms with van der Waals surface area (Å²) in [6.45, 7) is 9.74. The third-order valence-corrected chi connectivity index (χ3v) is 4.17. The fourth-order valence-corrected chi connectivity index (χ4v) is 2.80. The highest BCUT2D eigenvalue weighted by molar-refractivity contribution is 5.37. The van der Waals surface area contributed by atoms with E-state index in [1.807, 2.05) is 0 Å². The molecule has 0 amide bonds. The van der Waals surface area contributed by atoms with E-state index in [4.69, 9.17) is 4.74 Å². The van der Waals surface area contributed by atoms with E-state index in [-0.39, 0.29) is 0 Å². The second-order valence-corrected chi connectivity index (χ2v) is 6.65. The van der Waals surface area contributed by atoms with Crippen LogP contribution >= 0.6 is 0 Å². The number of nitrogens with one attached hydrogen (secondary N) is 1. The summed E-state index contributed by atoms with van der Waals surface area (Å²) < 4.78 is 6.28. The van der Waals surface area contributed by atoms with E-state index in [0.717, 1.165) is 18.2 Å². The Morgan fingerprint density at radius 1 is 1.20 bits per heavy atom. The predicted octanol–water partition coefficient (Wildman–Crippen LogP) is 4.45. The van der Waals surface area contributed by atoms with Crippen LogP contribution in [0.1, 0.15) is 57.6 Å². The Morgan fingerprint density at radius 3 is 2.55 bits per heavy atom. The molecule has 0 saturated heterocycles. The van der Waals surface area contributed by atoms with Gasteiger partial charge in [0, 0.05) is 18.2 Å². The Kier molecular flexibility index (Phi) is 5.47.